The topological polar surface area (TPSA) is 37.8 Å². The van der Waals surface area contributed by atoms with Crippen LogP contribution in [-0.2, 0) is 6.54 Å². The van der Waals surface area contributed by atoms with Crippen molar-refractivity contribution in [1.29, 1.82) is 0 Å². The Balaban J connectivity index is 1.90. The summed E-state index contributed by atoms with van der Waals surface area (Å²) in [6.45, 7) is 10.1. The Bertz CT molecular complexity index is 302. The molecular formula is C10H17N3S. The van der Waals surface area contributed by atoms with Gasteiger partial charge < -0.3 is 5.32 Å². The van der Waals surface area contributed by atoms with Crippen LogP contribution in [0, 0.1) is 10.8 Å². The second kappa shape index (κ2) is 3.00. The monoisotopic (exact) mass is 211 g/mol. The van der Waals surface area contributed by atoms with Gasteiger partial charge in [0.15, 0.2) is 0 Å². The predicted molar refractivity (Wildman–Crippen MR) is 58.1 cm³/mol. The molecule has 0 saturated heterocycles. The molecular weight excluding hydrogens is 194 g/mol. The van der Waals surface area contributed by atoms with Crippen LogP contribution in [0.2, 0.25) is 0 Å². The van der Waals surface area contributed by atoms with Gasteiger partial charge in [0.1, 0.15) is 0 Å². The lowest BCUT2D eigenvalue weighted by molar-refractivity contribution is 0.457. The Labute approximate surface area is 89.3 Å². The highest BCUT2D eigenvalue weighted by Gasteiger charge is 2.64. The van der Waals surface area contributed by atoms with E-state index in [1.54, 1.807) is 0 Å². The number of hydrogen-bond donors (Lipinski definition) is 1. The molecule has 1 aliphatic carbocycles. The highest BCUT2D eigenvalue weighted by molar-refractivity contribution is 6.99. The van der Waals surface area contributed by atoms with Crippen molar-refractivity contribution in [3.63, 3.8) is 0 Å². The van der Waals surface area contributed by atoms with E-state index in [2.05, 4.69) is 41.8 Å². The summed E-state index contributed by atoms with van der Waals surface area (Å²) in [4.78, 5) is 0. The van der Waals surface area contributed by atoms with Gasteiger partial charge >= 0.3 is 0 Å². The third-order valence-electron chi connectivity index (χ3n) is 3.91. The van der Waals surface area contributed by atoms with Crippen LogP contribution in [0.25, 0.3) is 0 Å². The average molecular weight is 211 g/mol. The van der Waals surface area contributed by atoms with E-state index < -0.39 is 0 Å². The molecule has 0 spiro atoms. The first kappa shape index (κ1) is 10.1. The SMILES string of the molecule is CC1(C)C(NCc2cnsn2)C1(C)C. The summed E-state index contributed by atoms with van der Waals surface area (Å²) in [5.74, 6) is 0. The molecule has 1 fully saturated rings. The van der Waals surface area contributed by atoms with Crippen molar-refractivity contribution in [3.05, 3.63) is 11.9 Å². The molecule has 1 N–H and O–H groups in total. The molecule has 1 aromatic rings. The van der Waals surface area contributed by atoms with Gasteiger partial charge in [-0.15, -0.1) is 0 Å². The van der Waals surface area contributed by atoms with Gasteiger partial charge in [-0.2, -0.15) is 8.75 Å². The fourth-order valence-corrected chi connectivity index (χ4v) is 2.61. The van der Waals surface area contributed by atoms with Gasteiger partial charge in [-0.25, -0.2) is 0 Å². The number of aromatic nitrogens is 2. The van der Waals surface area contributed by atoms with Crippen molar-refractivity contribution in [1.82, 2.24) is 14.1 Å². The largest absolute Gasteiger partial charge is 0.307 e. The molecule has 1 aromatic heterocycles. The van der Waals surface area contributed by atoms with Crippen molar-refractivity contribution in [3.8, 4) is 0 Å². The van der Waals surface area contributed by atoms with E-state index in [4.69, 9.17) is 0 Å². The Morgan fingerprint density at radius 3 is 2.43 bits per heavy atom. The van der Waals surface area contributed by atoms with Gasteiger partial charge in [0.05, 0.1) is 23.6 Å². The quantitative estimate of drug-likeness (QED) is 0.831. The lowest BCUT2D eigenvalue weighted by Gasteiger charge is -2.03. The highest BCUT2D eigenvalue weighted by Crippen LogP contribution is 2.62. The van der Waals surface area contributed by atoms with E-state index in [1.807, 2.05) is 6.20 Å². The van der Waals surface area contributed by atoms with E-state index in [0.29, 0.717) is 16.9 Å². The second-order valence-corrected chi connectivity index (χ2v) is 5.71. The standard InChI is InChI=1S/C10H17N3S/c1-9(2)8(10(9,3)4)11-5-7-6-12-14-13-7/h6,8,11H,5H2,1-4H3. The Hall–Kier alpha value is -0.480. The van der Waals surface area contributed by atoms with Crippen molar-refractivity contribution in [2.75, 3.05) is 0 Å². The normalized spacial score (nSPS) is 23.7. The minimum absolute atomic E-state index is 0.399. The second-order valence-electron chi connectivity index (χ2n) is 5.16. The van der Waals surface area contributed by atoms with Crippen molar-refractivity contribution in [2.45, 2.75) is 40.3 Å². The van der Waals surface area contributed by atoms with Gasteiger partial charge in [-0.05, 0) is 10.8 Å². The lowest BCUT2D eigenvalue weighted by atomic mass is 10.0. The van der Waals surface area contributed by atoms with Crippen molar-refractivity contribution < 1.29 is 0 Å². The van der Waals surface area contributed by atoms with Crippen LogP contribution in [0.4, 0.5) is 0 Å². The molecule has 1 aliphatic rings. The van der Waals surface area contributed by atoms with Gasteiger partial charge in [0, 0.05) is 12.6 Å². The molecule has 0 aliphatic heterocycles. The van der Waals surface area contributed by atoms with E-state index in [0.717, 1.165) is 12.2 Å². The third kappa shape index (κ3) is 1.37. The van der Waals surface area contributed by atoms with E-state index in [1.165, 1.54) is 11.7 Å². The van der Waals surface area contributed by atoms with Crippen molar-refractivity contribution >= 4 is 11.7 Å². The molecule has 0 bridgehead atoms. The predicted octanol–water partition coefficient (Wildman–Crippen LogP) is 2.06. The van der Waals surface area contributed by atoms with Crippen LogP contribution >= 0.6 is 11.7 Å². The average Bonchev–Trinajstić information content (AvgIpc) is 2.54. The Morgan fingerprint density at radius 2 is 2.00 bits per heavy atom. The minimum atomic E-state index is 0.399. The number of rotatable bonds is 3. The summed E-state index contributed by atoms with van der Waals surface area (Å²) >= 11 is 1.27. The van der Waals surface area contributed by atoms with Crippen LogP contribution in [0.1, 0.15) is 33.4 Å². The zero-order valence-corrected chi connectivity index (χ0v) is 9.98. The molecule has 3 nitrogen and oxygen atoms in total. The molecule has 0 radical (unpaired) electrons. The lowest BCUT2D eigenvalue weighted by Crippen LogP contribution is -2.21. The fourth-order valence-electron chi connectivity index (χ4n) is 2.18. The summed E-state index contributed by atoms with van der Waals surface area (Å²) in [7, 11) is 0. The summed E-state index contributed by atoms with van der Waals surface area (Å²) < 4.78 is 8.16. The summed E-state index contributed by atoms with van der Waals surface area (Å²) in [6.07, 6.45) is 1.83. The minimum Gasteiger partial charge on any atom is -0.307 e. The molecule has 0 unspecified atom stereocenters. The molecule has 78 valence electrons. The zero-order chi connectivity index (χ0) is 10.4. The van der Waals surface area contributed by atoms with Crippen LogP contribution in [0.3, 0.4) is 0 Å². The fraction of sp³-hybridized carbons (Fsp3) is 0.800. The highest BCUT2D eigenvalue weighted by atomic mass is 32.1. The van der Waals surface area contributed by atoms with Crippen molar-refractivity contribution in [2.24, 2.45) is 10.8 Å². The molecule has 1 saturated carbocycles. The molecule has 0 atom stereocenters. The number of nitrogens with zero attached hydrogens (tertiary/aromatic N) is 2. The first-order valence-electron chi connectivity index (χ1n) is 4.96. The van der Waals surface area contributed by atoms with E-state index in [9.17, 15) is 0 Å². The first-order valence-corrected chi connectivity index (χ1v) is 5.69. The number of nitrogens with one attached hydrogen (secondary N) is 1. The molecule has 2 rings (SSSR count). The molecule has 0 aromatic carbocycles. The van der Waals surface area contributed by atoms with Gasteiger partial charge in [-0.1, -0.05) is 27.7 Å². The summed E-state index contributed by atoms with van der Waals surface area (Å²) in [5.41, 5.74) is 1.85. The van der Waals surface area contributed by atoms with Gasteiger partial charge in [0.2, 0.25) is 0 Å². The zero-order valence-electron chi connectivity index (χ0n) is 9.16. The summed E-state index contributed by atoms with van der Waals surface area (Å²) in [6, 6.07) is 0.594. The summed E-state index contributed by atoms with van der Waals surface area (Å²) in [5, 5.41) is 3.54. The maximum atomic E-state index is 4.18. The van der Waals surface area contributed by atoms with E-state index in [-0.39, 0.29) is 0 Å². The van der Waals surface area contributed by atoms with Gasteiger partial charge in [0.25, 0.3) is 0 Å². The van der Waals surface area contributed by atoms with Crippen LogP contribution in [0.15, 0.2) is 6.20 Å². The van der Waals surface area contributed by atoms with Crippen LogP contribution in [-0.4, -0.2) is 14.8 Å². The smallest absolute Gasteiger partial charge is 0.0880 e. The number of hydrogen-bond acceptors (Lipinski definition) is 4. The Kier molecular flexibility index (Phi) is 2.16. The van der Waals surface area contributed by atoms with E-state index >= 15 is 0 Å². The molecule has 1 heterocycles. The maximum absolute atomic E-state index is 4.18. The maximum Gasteiger partial charge on any atom is 0.0880 e. The molecule has 0 amide bonds. The van der Waals surface area contributed by atoms with Crippen LogP contribution in [0.5, 0.6) is 0 Å². The van der Waals surface area contributed by atoms with Gasteiger partial charge in [-0.3, -0.25) is 0 Å². The molecule has 14 heavy (non-hydrogen) atoms. The van der Waals surface area contributed by atoms with Crippen LogP contribution < -0.4 is 5.32 Å². The first-order chi connectivity index (χ1) is 6.46. The molecule has 4 heteroatoms. The third-order valence-corrected chi connectivity index (χ3v) is 4.43. The Morgan fingerprint density at radius 1 is 1.36 bits per heavy atom.